The van der Waals surface area contributed by atoms with E-state index < -0.39 is 0 Å². The van der Waals surface area contributed by atoms with Crippen molar-refractivity contribution in [3.63, 3.8) is 0 Å². The molecule has 0 aliphatic carbocycles. The zero-order valence-electron chi connectivity index (χ0n) is 9.70. The van der Waals surface area contributed by atoms with Gasteiger partial charge in [0.15, 0.2) is 0 Å². The van der Waals surface area contributed by atoms with Gasteiger partial charge >= 0.3 is 0 Å². The maximum atomic E-state index is 11.4. The molecule has 1 aromatic heterocycles. The number of nitrogens with zero attached hydrogens (tertiary/aromatic N) is 2. The lowest BCUT2D eigenvalue weighted by atomic mass is 10.3. The van der Waals surface area contributed by atoms with Gasteiger partial charge in [0.2, 0.25) is 23.6 Å². The highest BCUT2D eigenvalue weighted by atomic mass is 35.5. The first-order chi connectivity index (χ1) is 8.19. The van der Waals surface area contributed by atoms with E-state index in [4.69, 9.17) is 21.1 Å². The van der Waals surface area contributed by atoms with Crippen molar-refractivity contribution in [2.75, 3.05) is 25.4 Å². The van der Waals surface area contributed by atoms with E-state index in [1.807, 2.05) is 0 Å². The number of halogens is 1. The molecule has 7 heteroatoms. The van der Waals surface area contributed by atoms with Crippen LogP contribution in [0, 0.1) is 0 Å². The molecule has 0 radical (unpaired) electrons. The van der Waals surface area contributed by atoms with Gasteiger partial charge in [0, 0.05) is 12.3 Å². The molecule has 94 valence electrons. The van der Waals surface area contributed by atoms with E-state index in [1.165, 1.54) is 20.3 Å². The summed E-state index contributed by atoms with van der Waals surface area (Å²) < 4.78 is 9.91. The van der Waals surface area contributed by atoms with E-state index in [9.17, 15) is 4.79 Å². The fourth-order valence-electron chi connectivity index (χ4n) is 1.08. The van der Waals surface area contributed by atoms with Crippen LogP contribution in [0.15, 0.2) is 6.07 Å². The molecule has 6 nitrogen and oxygen atoms in total. The molecule has 0 saturated carbocycles. The molecular weight excluding hydrogens is 246 g/mol. The number of hydrogen-bond acceptors (Lipinski definition) is 5. The van der Waals surface area contributed by atoms with Crippen LogP contribution in [-0.2, 0) is 4.79 Å². The van der Waals surface area contributed by atoms with Gasteiger partial charge in [-0.25, -0.2) is 0 Å². The zero-order chi connectivity index (χ0) is 12.7. The lowest BCUT2D eigenvalue weighted by Crippen LogP contribution is -2.14. The molecule has 0 saturated heterocycles. The highest BCUT2D eigenvalue weighted by Gasteiger charge is 2.08. The first kappa shape index (κ1) is 13.5. The summed E-state index contributed by atoms with van der Waals surface area (Å²) in [6.07, 6.45) is 0.931. The Labute approximate surface area is 104 Å². The maximum Gasteiger partial charge on any atom is 0.236 e. The number of rotatable bonds is 6. The van der Waals surface area contributed by atoms with E-state index in [0.29, 0.717) is 30.5 Å². The third kappa shape index (κ3) is 4.44. The fraction of sp³-hybridized carbons (Fsp3) is 0.500. The van der Waals surface area contributed by atoms with E-state index in [2.05, 4.69) is 15.3 Å². The fourth-order valence-corrected chi connectivity index (χ4v) is 1.22. The molecule has 1 aromatic rings. The molecule has 0 spiro atoms. The number of amides is 1. The Morgan fingerprint density at radius 3 is 2.41 bits per heavy atom. The lowest BCUT2D eigenvalue weighted by molar-refractivity contribution is -0.116. The monoisotopic (exact) mass is 259 g/mol. The Morgan fingerprint density at radius 1 is 1.35 bits per heavy atom. The largest absolute Gasteiger partial charge is 0.481 e. The number of nitrogens with one attached hydrogen (secondary N) is 1. The average Bonchev–Trinajstić information content (AvgIpc) is 2.35. The van der Waals surface area contributed by atoms with Crippen LogP contribution in [0.5, 0.6) is 11.8 Å². The first-order valence-corrected chi connectivity index (χ1v) is 5.56. The van der Waals surface area contributed by atoms with Crippen LogP contribution < -0.4 is 14.8 Å². The summed E-state index contributed by atoms with van der Waals surface area (Å²) in [7, 11) is 2.95. The van der Waals surface area contributed by atoms with Gasteiger partial charge in [-0.3, -0.25) is 10.1 Å². The van der Waals surface area contributed by atoms with Crippen molar-refractivity contribution in [2.45, 2.75) is 12.8 Å². The van der Waals surface area contributed by atoms with Gasteiger partial charge in [0.1, 0.15) is 0 Å². The quantitative estimate of drug-likeness (QED) is 0.783. The number of aromatic nitrogens is 2. The maximum absolute atomic E-state index is 11.4. The lowest BCUT2D eigenvalue weighted by Gasteiger charge is -2.07. The summed E-state index contributed by atoms with van der Waals surface area (Å²) in [6.45, 7) is 0. The Balaban J connectivity index is 2.72. The third-order valence-corrected chi connectivity index (χ3v) is 2.15. The van der Waals surface area contributed by atoms with E-state index >= 15 is 0 Å². The van der Waals surface area contributed by atoms with E-state index in [-0.39, 0.29) is 11.9 Å². The Hall–Kier alpha value is -1.56. The third-order valence-electron chi connectivity index (χ3n) is 1.89. The SMILES string of the molecule is COc1cc(OC)nc(NC(=O)CCCCl)n1. The summed E-state index contributed by atoms with van der Waals surface area (Å²) in [5.41, 5.74) is 0. The second kappa shape index (κ2) is 6.90. The van der Waals surface area contributed by atoms with Crippen molar-refractivity contribution < 1.29 is 14.3 Å². The van der Waals surface area contributed by atoms with Crippen molar-refractivity contribution in [3.8, 4) is 11.8 Å². The van der Waals surface area contributed by atoms with Gasteiger partial charge in [0.25, 0.3) is 0 Å². The molecule has 0 bridgehead atoms. The minimum Gasteiger partial charge on any atom is -0.481 e. The minimum absolute atomic E-state index is 0.153. The van der Waals surface area contributed by atoms with Crippen LogP contribution in [0.3, 0.4) is 0 Å². The van der Waals surface area contributed by atoms with Crippen LogP contribution in [-0.4, -0.2) is 36.0 Å². The van der Waals surface area contributed by atoms with Gasteiger partial charge in [0.05, 0.1) is 20.3 Å². The molecule has 1 amide bonds. The molecule has 1 N–H and O–H groups in total. The standard InChI is InChI=1S/C10H14ClN3O3/c1-16-8-6-9(17-2)14-10(13-8)12-7(15)4-3-5-11/h6H,3-5H2,1-2H3,(H,12,13,14,15). The number of carbonyl (C=O) groups excluding carboxylic acids is 1. The van der Waals surface area contributed by atoms with Gasteiger partial charge in [-0.05, 0) is 6.42 Å². The first-order valence-electron chi connectivity index (χ1n) is 5.02. The number of carbonyl (C=O) groups is 1. The molecule has 17 heavy (non-hydrogen) atoms. The molecule has 0 unspecified atom stereocenters. The Bertz CT molecular complexity index is 365. The number of ether oxygens (including phenoxy) is 2. The van der Waals surface area contributed by atoms with Crippen LogP contribution in [0.2, 0.25) is 0 Å². The summed E-state index contributed by atoms with van der Waals surface area (Å²) in [4.78, 5) is 19.4. The minimum atomic E-state index is -0.194. The Kier molecular flexibility index (Phi) is 5.48. The number of alkyl halides is 1. The van der Waals surface area contributed by atoms with Gasteiger partial charge < -0.3 is 9.47 Å². The number of hydrogen-bond donors (Lipinski definition) is 1. The number of methoxy groups -OCH3 is 2. The summed E-state index contributed by atoms with van der Waals surface area (Å²) in [5, 5.41) is 2.55. The average molecular weight is 260 g/mol. The van der Waals surface area contributed by atoms with Crippen molar-refractivity contribution in [1.82, 2.24) is 9.97 Å². The predicted molar refractivity (Wildman–Crippen MR) is 63.7 cm³/mol. The molecule has 1 heterocycles. The van der Waals surface area contributed by atoms with E-state index in [1.54, 1.807) is 0 Å². The molecule has 1 rings (SSSR count). The topological polar surface area (TPSA) is 73.3 Å². The second-order valence-electron chi connectivity index (χ2n) is 3.12. The van der Waals surface area contributed by atoms with Crippen molar-refractivity contribution >= 4 is 23.5 Å². The van der Waals surface area contributed by atoms with Crippen LogP contribution in [0.1, 0.15) is 12.8 Å². The normalized spacial score (nSPS) is 9.82. The van der Waals surface area contributed by atoms with Gasteiger partial charge in [-0.2, -0.15) is 9.97 Å². The second-order valence-corrected chi connectivity index (χ2v) is 3.49. The van der Waals surface area contributed by atoms with Gasteiger partial charge in [-0.15, -0.1) is 11.6 Å². The van der Waals surface area contributed by atoms with E-state index in [0.717, 1.165) is 0 Å². The summed E-state index contributed by atoms with van der Waals surface area (Å²) >= 11 is 5.49. The van der Waals surface area contributed by atoms with Crippen LogP contribution >= 0.6 is 11.6 Å². The Morgan fingerprint density at radius 2 is 1.94 bits per heavy atom. The zero-order valence-corrected chi connectivity index (χ0v) is 10.5. The van der Waals surface area contributed by atoms with Crippen molar-refractivity contribution in [1.29, 1.82) is 0 Å². The van der Waals surface area contributed by atoms with Crippen molar-refractivity contribution in [3.05, 3.63) is 6.07 Å². The molecule has 0 aliphatic heterocycles. The highest BCUT2D eigenvalue weighted by Crippen LogP contribution is 2.17. The van der Waals surface area contributed by atoms with Crippen molar-refractivity contribution in [2.24, 2.45) is 0 Å². The molecule has 0 aromatic carbocycles. The smallest absolute Gasteiger partial charge is 0.236 e. The predicted octanol–water partition coefficient (Wildman–Crippen LogP) is 1.45. The van der Waals surface area contributed by atoms with Crippen LogP contribution in [0.25, 0.3) is 0 Å². The summed E-state index contributed by atoms with van der Waals surface area (Å²) in [6, 6.07) is 1.52. The molecular formula is C10H14ClN3O3. The molecule has 0 fully saturated rings. The molecule has 0 atom stereocenters. The highest BCUT2D eigenvalue weighted by molar-refractivity contribution is 6.18. The van der Waals surface area contributed by atoms with Crippen LogP contribution in [0.4, 0.5) is 5.95 Å². The molecule has 0 aliphatic rings. The van der Waals surface area contributed by atoms with Gasteiger partial charge in [-0.1, -0.05) is 0 Å². The number of anilines is 1. The summed E-state index contributed by atoms with van der Waals surface area (Å²) in [5.74, 6) is 1.05.